The highest BCUT2D eigenvalue weighted by Crippen LogP contribution is 2.46. The van der Waals surface area contributed by atoms with Crippen molar-refractivity contribution in [1.82, 2.24) is 0 Å². The maximum Gasteiger partial charge on any atom is 0.163 e. The smallest absolute Gasteiger partial charge is 0.163 e. The number of hydrogen-bond acceptors (Lipinski definition) is 4. The van der Waals surface area contributed by atoms with Crippen molar-refractivity contribution < 1.29 is 13.9 Å². The lowest BCUT2D eigenvalue weighted by atomic mass is 9.73. The van der Waals surface area contributed by atoms with Gasteiger partial charge in [0.1, 0.15) is 18.2 Å². The molecule has 1 atom stereocenters. The lowest BCUT2D eigenvalue weighted by Crippen LogP contribution is -2.31. The van der Waals surface area contributed by atoms with Crippen LogP contribution in [0.4, 0.5) is 15.8 Å². The van der Waals surface area contributed by atoms with Gasteiger partial charge >= 0.3 is 0 Å². The van der Waals surface area contributed by atoms with Gasteiger partial charge in [-0.25, -0.2) is 4.39 Å². The number of carbonyl (C=O) groups excluding carboxylic acids is 1. The number of rotatable bonds is 4. The Bertz CT molecular complexity index is 1300. The lowest BCUT2D eigenvalue weighted by molar-refractivity contribution is -0.118. The van der Waals surface area contributed by atoms with Crippen LogP contribution in [0.25, 0.3) is 0 Å². The van der Waals surface area contributed by atoms with Crippen LogP contribution in [0.15, 0.2) is 78.0 Å². The third-order valence-corrected chi connectivity index (χ3v) is 6.65. The highest BCUT2D eigenvalue weighted by atomic mass is 35.5. The van der Waals surface area contributed by atoms with E-state index < -0.39 is 0 Å². The second-order valence-corrected chi connectivity index (χ2v) is 10.1. The van der Waals surface area contributed by atoms with Crippen molar-refractivity contribution in [3.8, 4) is 5.75 Å². The van der Waals surface area contributed by atoms with Crippen LogP contribution in [0, 0.1) is 11.2 Å². The minimum absolute atomic E-state index is 0.0770. The van der Waals surface area contributed by atoms with Gasteiger partial charge in [0.05, 0.1) is 22.4 Å². The Labute approximate surface area is 203 Å². The fourth-order valence-corrected chi connectivity index (χ4v) is 4.97. The number of Topliss-reactive ketones (excluding diaryl/α,β-unsaturated/α-hetero) is 1. The molecule has 2 N–H and O–H groups in total. The van der Waals surface area contributed by atoms with Crippen molar-refractivity contribution >= 4 is 28.8 Å². The summed E-state index contributed by atoms with van der Waals surface area (Å²) in [7, 11) is 0. The summed E-state index contributed by atoms with van der Waals surface area (Å²) in [5.74, 6) is 0.272. The first-order valence-electron chi connectivity index (χ1n) is 11.4. The molecule has 6 heteroatoms. The average molecular weight is 477 g/mol. The van der Waals surface area contributed by atoms with Crippen molar-refractivity contribution in [2.24, 2.45) is 5.41 Å². The molecular formula is C28H26ClFN2O2. The molecule has 0 fully saturated rings. The summed E-state index contributed by atoms with van der Waals surface area (Å²) in [5.41, 5.74) is 4.76. The van der Waals surface area contributed by atoms with E-state index in [0.717, 1.165) is 34.6 Å². The van der Waals surface area contributed by atoms with E-state index in [0.29, 0.717) is 22.8 Å². The largest absolute Gasteiger partial charge is 0.487 e. The van der Waals surface area contributed by atoms with Crippen LogP contribution in [0.3, 0.4) is 0 Å². The van der Waals surface area contributed by atoms with E-state index in [4.69, 9.17) is 16.3 Å². The SMILES string of the molecule is CC1(C)CC(=O)C2=C(C1)Nc1ccccc1NC2c1ccc(OCc2ccccc2F)c(Cl)c1. The Hall–Kier alpha value is -3.31. The number of carbonyl (C=O) groups is 1. The summed E-state index contributed by atoms with van der Waals surface area (Å²) in [5, 5.41) is 7.48. The molecule has 0 bridgehead atoms. The summed E-state index contributed by atoms with van der Waals surface area (Å²) in [6.07, 6.45) is 1.26. The monoisotopic (exact) mass is 476 g/mol. The zero-order valence-corrected chi connectivity index (χ0v) is 19.9. The molecule has 0 amide bonds. The second-order valence-electron chi connectivity index (χ2n) is 9.65. The Morgan fingerprint density at radius 3 is 2.53 bits per heavy atom. The molecule has 3 aromatic carbocycles. The number of allylic oxidation sites excluding steroid dienone is 1. The minimum atomic E-state index is -0.354. The molecule has 0 spiro atoms. The standard InChI is InChI=1S/C28H26ClFN2O2/c1-28(2)14-23-26(24(33)15-28)27(32-22-10-6-5-9-21(22)31-23)17-11-12-25(19(29)13-17)34-16-18-7-3-4-8-20(18)30/h3-13,27,31-32H,14-16H2,1-2H3. The summed E-state index contributed by atoms with van der Waals surface area (Å²) >= 11 is 6.59. The normalized spacial score (nSPS) is 18.8. The van der Waals surface area contributed by atoms with E-state index in [1.54, 1.807) is 24.3 Å². The van der Waals surface area contributed by atoms with Crippen LogP contribution in [-0.2, 0) is 11.4 Å². The predicted molar refractivity (Wildman–Crippen MR) is 134 cm³/mol. The molecule has 0 saturated carbocycles. The van der Waals surface area contributed by atoms with Crippen molar-refractivity contribution in [2.75, 3.05) is 10.6 Å². The number of anilines is 2. The molecule has 0 saturated heterocycles. The van der Waals surface area contributed by atoms with E-state index in [2.05, 4.69) is 24.5 Å². The highest BCUT2D eigenvalue weighted by molar-refractivity contribution is 6.32. The van der Waals surface area contributed by atoms with Crippen LogP contribution in [0.2, 0.25) is 5.02 Å². The number of ether oxygens (including phenoxy) is 1. The first kappa shape index (κ1) is 22.5. The fourth-order valence-electron chi connectivity index (χ4n) is 4.72. The van der Waals surface area contributed by atoms with E-state index in [1.165, 1.54) is 6.07 Å². The molecule has 4 nitrogen and oxygen atoms in total. The van der Waals surface area contributed by atoms with Crippen molar-refractivity contribution in [3.05, 3.63) is 100.0 Å². The van der Waals surface area contributed by atoms with Gasteiger partial charge < -0.3 is 15.4 Å². The first-order chi connectivity index (χ1) is 16.3. The van der Waals surface area contributed by atoms with Crippen LogP contribution >= 0.6 is 11.6 Å². The van der Waals surface area contributed by atoms with Gasteiger partial charge in [-0.15, -0.1) is 0 Å². The van der Waals surface area contributed by atoms with Crippen molar-refractivity contribution in [1.29, 1.82) is 0 Å². The van der Waals surface area contributed by atoms with Gasteiger partial charge in [0, 0.05) is 23.3 Å². The topological polar surface area (TPSA) is 50.4 Å². The molecular weight excluding hydrogens is 451 g/mol. The van der Waals surface area contributed by atoms with Gasteiger partial charge in [-0.1, -0.05) is 61.8 Å². The Kier molecular flexibility index (Phi) is 5.82. The molecule has 1 unspecified atom stereocenters. The van der Waals surface area contributed by atoms with Crippen LogP contribution in [0.1, 0.15) is 43.9 Å². The van der Waals surface area contributed by atoms with Gasteiger partial charge in [-0.2, -0.15) is 0 Å². The summed E-state index contributed by atoms with van der Waals surface area (Å²) in [6.45, 7) is 4.32. The average Bonchev–Trinajstić information content (AvgIpc) is 2.95. The molecule has 0 aromatic heterocycles. The fraction of sp³-hybridized carbons (Fsp3) is 0.250. The van der Waals surface area contributed by atoms with Crippen LogP contribution in [-0.4, -0.2) is 5.78 Å². The second kappa shape index (κ2) is 8.80. The van der Waals surface area contributed by atoms with Gasteiger partial charge in [-0.3, -0.25) is 4.79 Å². The number of benzene rings is 3. The molecule has 34 heavy (non-hydrogen) atoms. The maximum absolute atomic E-state index is 13.9. The molecule has 0 radical (unpaired) electrons. The molecule has 174 valence electrons. The summed E-state index contributed by atoms with van der Waals surface area (Å²) < 4.78 is 19.7. The highest BCUT2D eigenvalue weighted by Gasteiger charge is 2.38. The number of para-hydroxylation sites is 2. The minimum Gasteiger partial charge on any atom is -0.487 e. The zero-order valence-electron chi connectivity index (χ0n) is 19.1. The van der Waals surface area contributed by atoms with Gasteiger partial charge in [0.2, 0.25) is 0 Å². The number of hydrogen-bond donors (Lipinski definition) is 2. The van der Waals surface area contributed by atoms with Crippen molar-refractivity contribution in [2.45, 2.75) is 39.3 Å². The Morgan fingerprint density at radius 2 is 1.76 bits per heavy atom. The molecule has 1 aliphatic carbocycles. The van der Waals surface area contributed by atoms with E-state index in [9.17, 15) is 9.18 Å². The molecule has 3 aromatic rings. The summed E-state index contributed by atoms with van der Waals surface area (Å²) in [4.78, 5) is 13.3. The van der Waals surface area contributed by atoms with Crippen LogP contribution < -0.4 is 15.4 Å². The first-order valence-corrected chi connectivity index (χ1v) is 11.7. The van der Waals surface area contributed by atoms with E-state index >= 15 is 0 Å². The third-order valence-electron chi connectivity index (χ3n) is 6.35. The number of fused-ring (bicyclic) bond motifs is 1. The van der Waals surface area contributed by atoms with Crippen molar-refractivity contribution in [3.63, 3.8) is 0 Å². The zero-order chi connectivity index (χ0) is 23.9. The number of nitrogens with one attached hydrogen (secondary N) is 2. The number of halogens is 2. The van der Waals surface area contributed by atoms with E-state index in [-0.39, 0.29) is 29.7 Å². The van der Waals surface area contributed by atoms with Gasteiger partial charge in [-0.05, 0) is 47.7 Å². The molecule has 1 aliphatic heterocycles. The predicted octanol–water partition coefficient (Wildman–Crippen LogP) is 7.28. The quantitative estimate of drug-likeness (QED) is 0.415. The van der Waals surface area contributed by atoms with Gasteiger partial charge in [0.15, 0.2) is 5.78 Å². The Morgan fingerprint density at radius 1 is 1.03 bits per heavy atom. The molecule has 1 heterocycles. The lowest BCUT2D eigenvalue weighted by Gasteiger charge is -2.34. The molecule has 2 aliphatic rings. The van der Waals surface area contributed by atoms with Gasteiger partial charge in [0.25, 0.3) is 0 Å². The van der Waals surface area contributed by atoms with E-state index in [1.807, 2.05) is 36.4 Å². The maximum atomic E-state index is 13.9. The third kappa shape index (κ3) is 4.40. The number of ketones is 1. The molecule has 5 rings (SSSR count). The van der Waals surface area contributed by atoms with Crippen LogP contribution in [0.5, 0.6) is 5.75 Å². The Balaban J connectivity index is 1.49. The summed E-state index contributed by atoms with van der Waals surface area (Å²) in [6, 6.07) is 19.6.